The Balaban J connectivity index is 2.46. The molecule has 6 heteroatoms. The van der Waals surface area contributed by atoms with Crippen LogP contribution >= 0.6 is 0 Å². The maximum Gasteiger partial charge on any atom is 0.319 e. The van der Waals surface area contributed by atoms with E-state index >= 15 is 0 Å². The molecule has 2 N–H and O–H groups in total. The van der Waals surface area contributed by atoms with Gasteiger partial charge in [0, 0.05) is 26.7 Å². The van der Waals surface area contributed by atoms with Crippen molar-refractivity contribution in [3.63, 3.8) is 0 Å². The van der Waals surface area contributed by atoms with E-state index in [1.165, 1.54) is 0 Å². The van der Waals surface area contributed by atoms with Gasteiger partial charge in [0.1, 0.15) is 0 Å². The minimum absolute atomic E-state index is 0.0731. The average molecular weight is 257 g/mol. The molecule has 1 heterocycles. The monoisotopic (exact) mass is 257 g/mol. The number of carbonyl (C=O) groups excluding carboxylic acids is 1. The van der Waals surface area contributed by atoms with Crippen LogP contribution in [0.1, 0.15) is 19.8 Å². The molecule has 18 heavy (non-hydrogen) atoms. The highest BCUT2D eigenvalue weighted by molar-refractivity contribution is 5.79. The number of nitrogens with zero attached hydrogens (tertiary/aromatic N) is 2. The zero-order chi connectivity index (χ0) is 13.8. The lowest BCUT2D eigenvalue weighted by atomic mass is 9.90. The molecular weight excluding hydrogens is 234 g/mol. The smallest absolute Gasteiger partial charge is 0.319 e. The predicted octanol–water partition coefficient (Wildman–Crippen LogP) is 0.444. The van der Waals surface area contributed by atoms with Crippen LogP contribution in [0.3, 0.4) is 0 Å². The molecule has 0 aromatic heterocycles. The topological polar surface area (TPSA) is 72.9 Å². The van der Waals surface area contributed by atoms with E-state index in [2.05, 4.69) is 5.32 Å². The molecule has 0 radical (unpaired) electrons. The first kappa shape index (κ1) is 14.8. The first-order valence-corrected chi connectivity index (χ1v) is 6.29. The van der Waals surface area contributed by atoms with Crippen LogP contribution < -0.4 is 5.32 Å². The van der Waals surface area contributed by atoms with Gasteiger partial charge in [0.25, 0.3) is 0 Å². The van der Waals surface area contributed by atoms with Crippen molar-refractivity contribution in [1.29, 1.82) is 0 Å². The molecule has 0 aromatic rings. The van der Waals surface area contributed by atoms with Crippen LogP contribution in [0, 0.1) is 5.41 Å². The molecule has 1 unspecified atom stereocenters. The zero-order valence-corrected chi connectivity index (χ0v) is 11.4. The summed E-state index contributed by atoms with van der Waals surface area (Å²) in [6, 6.07) is -0.0731. The Morgan fingerprint density at radius 2 is 2.17 bits per heavy atom. The van der Waals surface area contributed by atoms with Gasteiger partial charge < -0.3 is 20.2 Å². The number of amides is 2. The van der Waals surface area contributed by atoms with Gasteiger partial charge in [-0.15, -0.1) is 0 Å². The number of hydrogen-bond acceptors (Lipinski definition) is 3. The largest absolute Gasteiger partial charge is 0.481 e. The van der Waals surface area contributed by atoms with Crippen LogP contribution in [0.25, 0.3) is 0 Å². The molecule has 1 atom stereocenters. The number of urea groups is 1. The molecule has 0 aromatic carbocycles. The van der Waals surface area contributed by atoms with Gasteiger partial charge in [-0.2, -0.15) is 0 Å². The molecule has 0 spiro atoms. The van der Waals surface area contributed by atoms with Gasteiger partial charge >= 0.3 is 12.0 Å². The number of carbonyl (C=O) groups is 2. The number of carboxylic acid groups (broad SMARTS) is 1. The maximum absolute atomic E-state index is 12.1. The molecule has 1 aliphatic heterocycles. The second kappa shape index (κ2) is 6.04. The molecule has 1 fully saturated rings. The van der Waals surface area contributed by atoms with Crippen molar-refractivity contribution < 1.29 is 14.7 Å². The van der Waals surface area contributed by atoms with Crippen molar-refractivity contribution in [2.75, 3.05) is 40.3 Å². The van der Waals surface area contributed by atoms with Crippen molar-refractivity contribution in [2.24, 2.45) is 5.41 Å². The van der Waals surface area contributed by atoms with E-state index < -0.39 is 11.4 Å². The van der Waals surface area contributed by atoms with Crippen LogP contribution in [0.5, 0.6) is 0 Å². The minimum atomic E-state index is -0.823. The van der Waals surface area contributed by atoms with Gasteiger partial charge in [0.2, 0.25) is 0 Å². The van der Waals surface area contributed by atoms with Crippen LogP contribution in [0.4, 0.5) is 4.79 Å². The Labute approximate surface area is 108 Å². The second-order valence-corrected chi connectivity index (χ2v) is 5.20. The molecular formula is C12H23N3O3. The van der Waals surface area contributed by atoms with Gasteiger partial charge in [0.05, 0.1) is 5.41 Å². The number of nitrogens with one attached hydrogen (secondary N) is 1. The van der Waals surface area contributed by atoms with E-state index in [1.807, 2.05) is 7.05 Å². The van der Waals surface area contributed by atoms with Crippen LogP contribution in [-0.4, -0.2) is 67.2 Å². The van der Waals surface area contributed by atoms with Gasteiger partial charge in [-0.05, 0) is 33.4 Å². The minimum Gasteiger partial charge on any atom is -0.481 e. The first-order chi connectivity index (χ1) is 8.40. The molecule has 0 saturated carbocycles. The third-order valence-electron chi connectivity index (χ3n) is 3.51. The highest BCUT2D eigenvalue weighted by Gasteiger charge is 2.42. The fraction of sp³-hybridized carbons (Fsp3) is 0.833. The SMILES string of the molecule is CNCCCN(C)C(=O)N1CCC(C)(C(=O)O)C1. The summed E-state index contributed by atoms with van der Waals surface area (Å²) in [5, 5.41) is 12.2. The Hall–Kier alpha value is -1.30. The van der Waals surface area contributed by atoms with Crippen molar-refractivity contribution in [1.82, 2.24) is 15.1 Å². The summed E-state index contributed by atoms with van der Waals surface area (Å²) in [7, 11) is 3.63. The van der Waals surface area contributed by atoms with Crippen LogP contribution in [-0.2, 0) is 4.79 Å². The van der Waals surface area contributed by atoms with Crippen LogP contribution in [0.15, 0.2) is 0 Å². The van der Waals surface area contributed by atoms with E-state index in [0.717, 1.165) is 13.0 Å². The summed E-state index contributed by atoms with van der Waals surface area (Å²) in [5.74, 6) is -0.823. The summed E-state index contributed by atoms with van der Waals surface area (Å²) < 4.78 is 0. The van der Waals surface area contributed by atoms with Gasteiger partial charge in [0.15, 0.2) is 0 Å². The van der Waals surface area contributed by atoms with Crippen molar-refractivity contribution in [3.05, 3.63) is 0 Å². The van der Waals surface area contributed by atoms with E-state index in [9.17, 15) is 9.59 Å². The molecule has 1 rings (SSSR count). The first-order valence-electron chi connectivity index (χ1n) is 6.29. The summed E-state index contributed by atoms with van der Waals surface area (Å²) >= 11 is 0. The lowest BCUT2D eigenvalue weighted by Crippen LogP contribution is -2.42. The lowest BCUT2D eigenvalue weighted by Gasteiger charge is -2.25. The van der Waals surface area contributed by atoms with Gasteiger partial charge in [-0.25, -0.2) is 4.79 Å². The molecule has 1 saturated heterocycles. The van der Waals surface area contributed by atoms with Crippen molar-refractivity contribution in [3.8, 4) is 0 Å². The molecule has 0 bridgehead atoms. The molecule has 2 amide bonds. The highest BCUT2D eigenvalue weighted by atomic mass is 16.4. The van der Waals surface area contributed by atoms with Gasteiger partial charge in [-0.1, -0.05) is 0 Å². The molecule has 1 aliphatic rings. The lowest BCUT2D eigenvalue weighted by molar-refractivity contribution is -0.147. The normalized spacial score (nSPS) is 23.2. The number of hydrogen-bond donors (Lipinski definition) is 2. The summed E-state index contributed by atoms with van der Waals surface area (Å²) in [4.78, 5) is 26.5. The number of carboxylic acids is 1. The Morgan fingerprint density at radius 1 is 1.50 bits per heavy atom. The number of rotatable bonds is 5. The number of likely N-dealkylation sites (tertiary alicyclic amines) is 1. The Morgan fingerprint density at radius 3 is 2.67 bits per heavy atom. The van der Waals surface area contributed by atoms with E-state index in [1.54, 1.807) is 23.8 Å². The highest BCUT2D eigenvalue weighted by Crippen LogP contribution is 2.30. The van der Waals surface area contributed by atoms with E-state index in [4.69, 9.17) is 5.11 Å². The third kappa shape index (κ3) is 3.35. The summed E-state index contributed by atoms with van der Waals surface area (Å²) in [6.07, 6.45) is 1.42. The fourth-order valence-electron chi connectivity index (χ4n) is 2.13. The van der Waals surface area contributed by atoms with Gasteiger partial charge in [-0.3, -0.25) is 4.79 Å². The van der Waals surface area contributed by atoms with E-state index in [-0.39, 0.29) is 6.03 Å². The maximum atomic E-state index is 12.1. The Bertz CT molecular complexity index is 322. The summed E-state index contributed by atoms with van der Waals surface area (Å²) in [5.41, 5.74) is -0.790. The third-order valence-corrected chi connectivity index (χ3v) is 3.51. The second-order valence-electron chi connectivity index (χ2n) is 5.20. The van der Waals surface area contributed by atoms with Crippen molar-refractivity contribution >= 4 is 12.0 Å². The fourth-order valence-corrected chi connectivity index (χ4v) is 2.13. The predicted molar refractivity (Wildman–Crippen MR) is 68.5 cm³/mol. The molecule has 0 aliphatic carbocycles. The molecule has 104 valence electrons. The quantitative estimate of drug-likeness (QED) is 0.701. The average Bonchev–Trinajstić information content (AvgIpc) is 2.72. The zero-order valence-electron chi connectivity index (χ0n) is 11.4. The number of aliphatic carboxylic acids is 1. The van der Waals surface area contributed by atoms with E-state index in [0.29, 0.717) is 26.1 Å². The standard InChI is InChI=1S/C12H23N3O3/c1-12(10(16)17)5-8-15(9-12)11(18)14(3)7-4-6-13-2/h13H,4-9H2,1-3H3,(H,16,17). The Kier molecular flexibility index (Phi) is 4.95. The van der Waals surface area contributed by atoms with Crippen LogP contribution in [0.2, 0.25) is 0 Å². The molecule has 6 nitrogen and oxygen atoms in total. The summed E-state index contributed by atoms with van der Waals surface area (Å²) in [6.45, 7) is 4.07. The van der Waals surface area contributed by atoms with Crippen molar-refractivity contribution in [2.45, 2.75) is 19.8 Å².